The van der Waals surface area contributed by atoms with Crippen molar-refractivity contribution in [1.29, 1.82) is 0 Å². The van der Waals surface area contributed by atoms with Gasteiger partial charge < -0.3 is 19.6 Å². The summed E-state index contributed by atoms with van der Waals surface area (Å²) in [4.78, 5) is 13.8. The highest BCUT2D eigenvalue weighted by Gasteiger charge is 2.08. The highest BCUT2D eigenvalue weighted by atomic mass is 127. The van der Waals surface area contributed by atoms with Gasteiger partial charge in [0.2, 0.25) is 5.89 Å². The number of aryl methyl sites for hydroxylation is 2. The zero-order valence-corrected chi connectivity index (χ0v) is 21.8. The molecule has 0 aliphatic heterocycles. The molecule has 0 unspecified atom stereocenters. The maximum Gasteiger partial charge on any atom is 0.226 e. The number of rotatable bonds is 9. The monoisotopic (exact) mass is 576 g/mol. The molecule has 4 aromatic rings. The third kappa shape index (κ3) is 6.55. The van der Waals surface area contributed by atoms with E-state index in [0.29, 0.717) is 25.4 Å². The van der Waals surface area contributed by atoms with E-state index >= 15 is 0 Å². The first-order chi connectivity index (χ1) is 16.1. The summed E-state index contributed by atoms with van der Waals surface area (Å²) in [5.74, 6) is 2.02. The van der Waals surface area contributed by atoms with Gasteiger partial charge in [-0.3, -0.25) is 4.99 Å². The van der Waals surface area contributed by atoms with Crippen molar-refractivity contribution in [3.63, 3.8) is 0 Å². The van der Waals surface area contributed by atoms with Crippen LogP contribution in [-0.4, -0.2) is 40.1 Å². The van der Waals surface area contributed by atoms with E-state index in [4.69, 9.17) is 9.41 Å². The van der Waals surface area contributed by atoms with Crippen LogP contribution >= 0.6 is 24.0 Å². The molecule has 0 fully saturated rings. The smallest absolute Gasteiger partial charge is 0.226 e. The maximum absolute atomic E-state index is 13.1. The lowest BCUT2D eigenvalue weighted by atomic mass is 10.2. The van der Waals surface area contributed by atoms with Gasteiger partial charge in [-0.25, -0.2) is 14.4 Å². The highest BCUT2D eigenvalue weighted by molar-refractivity contribution is 14.0. The van der Waals surface area contributed by atoms with Crippen LogP contribution in [0.4, 0.5) is 4.39 Å². The molecule has 0 atom stereocenters. The number of hydrogen-bond donors (Lipinski definition) is 2. The molecule has 0 saturated carbocycles. The number of oxazole rings is 1. The zero-order valence-electron chi connectivity index (χ0n) is 19.4. The van der Waals surface area contributed by atoms with Gasteiger partial charge in [0.1, 0.15) is 17.9 Å². The van der Waals surface area contributed by atoms with Crippen molar-refractivity contribution in [3.05, 3.63) is 72.1 Å². The van der Waals surface area contributed by atoms with E-state index in [1.807, 2.05) is 32.0 Å². The molecular weight excluding hydrogens is 546 g/mol. The Morgan fingerprint density at radius 3 is 2.68 bits per heavy atom. The quantitative estimate of drug-likeness (QED) is 0.128. The Hall–Kier alpha value is -2.95. The van der Waals surface area contributed by atoms with Gasteiger partial charge in [0, 0.05) is 38.2 Å². The summed E-state index contributed by atoms with van der Waals surface area (Å²) in [5.41, 5.74) is 3.78. The minimum atomic E-state index is -0.279. The lowest BCUT2D eigenvalue weighted by Gasteiger charge is -2.11. The van der Waals surface area contributed by atoms with Gasteiger partial charge in [0.15, 0.2) is 5.96 Å². The Labute approximate surface area is 215 Å². The van der Waals surface area contributed by atoms with Gasteiger partial charge >= 0.3 is 0 Å². The molecule has 4 rings (SSSR count). The largest absolute Gasteiger partial charge is 0.444 e. The molecule has 0 spiro atoms. The summed E-state index contributed by atoms with van der Waals surface area (Å²) in [7, 11) is 0. The second-order valence-electron chi connectivity index (χ2n) is 7.74. The molecule has 2 N–H and O–H groups in total. The van der Waals surface area contributed by atoms with Gasteiger partial charge in [0.05, 0.1) is 16.7 Å². The molecule has 7 nitrogen and oxygen atoms in total. The predicted octanol–water partition coefficient (Wildman–Crippen LogP) is 4.94. The first kappa shape index (κ1) is 25.7. The first-order valence-electron chi connectivity index (χ1n) is 11.3. The molecular formula is C25H30FIN6O. The second kappa shape index (κ2) is 12.5. The summed E-state index contributed by atoms with van der Waals surface area (Å²) in [6, 6.07) is 14.3. The van der Waals surface area contributed by atoms with Crippen LogP contribution in [0.1, 0.15) is 24.9 Å². The molecule has 0 radical (unpaired) electrons. The van der Waals surface area contributed by atoms with E-state index in [1.165, 1.54) is 12.1 Å². The standard InChI is InChI=1S/C25H29FN6O.HI/c1-3-27-25(28-14-6-16-32-18(2)30-22-7-4-5-8-23(22)32)29-15-13-21-17-33-24(31-21)19-9-11-20(26)12-10-19;/h4-5,7-12,17H,3,6,13-16H2,1-2H3,(H2,27,28,29);1H. The number of para-hydroxylation sites is 2. The Balaban J connectivity index is 0.00000324. The number of nitrogens with one attached hydrogen (secondary N) is 2. The van der Waals surface area contributed by atoms with Crippen LogP contribution in [0.25, 0.3) is 22.5 Å². The number of fused-ring (bicyclic) bond motifs is 1. The van der Waals surface area contributed by atoms with E-state index < -0.39 is 0 Å². The number of aliphatic imine (C=N–C) groups is 1. The third-order valence-corrected chi connectivity index (χ3v) is 5.32. The number of imidazole rings is 1. The fourth-order valence-corrected chi connectivity index (χ4v) is 3.70. The fraction of sp³-hybridized carbons (Fsp3) is 0.320. The normalized spacial score (nSPS) is 11.4. The molecule has 2 heterocycles. The molecule has 0 amide bonds. The van der Waals surface area contributed by atoms with Crippen molar-refractivity contribution in [3.8, 4) is 11.5 Å². The maximum atomic E-state index is 13.1. The molecule has 180 valence electrons. The van der Waals surface area contributed by atoms with Crippen LogP contribution in [0.5, 0.6) is 0 Å². The number of guanidine groups is 1. The van der Waals surface area contributed by atoms with E-state index in [2.05, 4.69) is 31.2 Å². The van der Waals surface area contributed by atoms with Crippen molar-refractivity contribution in [2.45, 2.75) is 33.2 Å². The molecule has 0 saturated heterocycles. The van der Waals surface area contributed by atoms with Crippen molar-refractivity contribution < 1.29 is 8.81 Å². The van der Waals surface area contributed by atoms with Crippen LogP contribution < -0.4 is 10.6 Å². The first-order valence-corrected chi connectivity index (χ1v) is 11.3. The number of nitrogens with zero attached hydrogens (tertiary/aromatic N) is 4. The molecule has 0 bridgehead atoms. The van der Waals surface area contributed by atoms with Gasteiger partial charge in [-0.15, -0.1) is 24.0 Å². The summed E-state index contributed by atoms with van der Waals surface area (Å²) in [5, 5.41) is 6.63. The Bertz CT molecular complexity index is 1220. The molecule has 0 aliphatic rings. The number of aromatic nitrogens is 3. The van der Waals surface area contributed by atoms with Crippen LogP contribution in [0.2, 0.25) is 0 Å². The Kier molecular flexibility index (Phi) is 9.43. The van der Waals surface area contributed by atoms with E-state index in [9.17, 15) is 4.39 Å². The van der Waals surface area contributed by atoms with Crippen molar-refractivity contribution >= 4 is 41.0 Å². The number of benzene rings is 2. The summed E-state index contributed by atoms with van der Waals surface area (Å²) in [6.07, 6.45) is 3.25. The van der Waals surface area contributed by atoms with Crippen molar-refractivity contribution in [1.82, 2.24) is 25.2 Å². The van der Waals surface area contributed by atoms with E-state index in [1.54, 1.807) is 18.4 Å². The van der Waals surface area contributed by atoms with E-state index in [0.717, 1.165) is 53.6 Å². The Morgan fingerprint density at radius 1 is 1.09 bits per heavy atom. The fourth-order valence-electron chi connectivity index (χ4n) is 3.70. The molecule has 2 aromatic carbocycles. The zero-order chi connectivity index (χ0) is 23.0. The number of hydrogen-bond acceptors (Lipinski definition) is 4. The minimum absolute atomic E-state index is 0. The van der Waals surface area contributed by atoms with Crippen molar-refractivity contribution in [2.75, 3.05) is 19.6 Å². The molecule has 9 heteroatoms. The van der Waals surface area contributed by atoms with E-state index in [-0.39, 0.29) is 29.8 Å². The average Bonchev–Trinajstić information content (AvgIpc) is 3.41. The summed E-state index contributed by atoms with van der Waals surface area (Å²) in [6.45, 7) is 7.13. The third-order valence-electron chi connectivity index (χ3n) is 5.32. The predicted molar refractivity (Wildman–Crippen MR) is 144 cm³/mol. The van der Waals surface area contributed by atoms with Crippen LogP contribution in [0, 0.1) is 12.7 Å². The SMILES string of the molecule is CCNC(=NCCCn1c(C)nc2ccccc21)NCCc1coc(-c2ccc(F)cc2)n1.I. The van der Waals surface area contributed by atoms with Crippen LogP contribution in [0.3, 0.4) is 0 Å². The van der Waals surface area contributed by atoms with Gasteiger partial charge in [-0.05, 0) is 56.7 Å². The van der Waals surface area contributed by atoms with Crippen molar-refractivity contribution in [2.24, 2.45) is 4.99 Å². The molecule has 0 aliphatic carbocycles. The highest BCUT2D eigenvalue weighted by Crippen LogP contribution is 2.19. The minimum Gasteiger partial charge on any atom is -0.444 e. The molecule has 2 aromatic heterocycles. The molecule has 34 heavy (non-hydrogen) atoms. The van der Waals surface area contributed by atoms with Crippen LogP contribution in [-0.2, 0) is 13.0 Å². The number of halogens is 2. The summed E-state index contributed by atoms with van der Waals surface area (Å²) >= 11 is 0. The van der Waals surface area contributed by atoms with Gasteiger partial charge in [-0.2, -0.15) is 0 Å². The van der Waals surface area contributed by atoms with Gasteiger partial charge in [0.25, 0.3) is 0 Å². The van der Waals surface area contributed by atoms with Crippen LogP contribution in [0.15, 0.2) is 64.2 Å². The second-order valence-corrected chi connectivity index (χ2v) is 7.74. The topological polar surface area (TPSA) is 80.3 Å². The lowest BCUT2D eigenvalue weighted by molar-refractivity contribution is 0.571. The summed E-state index contributed by atoms with van der Waals surface area (Å²) < 4.78 is 20.9. The lowest BCUT2D eigenvalue weighted by Crippen LogP contribution is -2.38. The average molecular weight is 576 g/mol. The van der Waals surface area contributed by atoms with Gasteiger partial charge in [-0.1, -0.05) is 12.1 Å². The Morgan fingerprint density at radius 2 is 1.88 bits per heavy atom.